The van der Waals surface area contributed by atoms with Crippen molar-refractivity contribution in [2.45, 2.75) is 33.1 Å². The van der Waals surface area contributed by atoms with Gasteiger partial charge in [-0.2, -0.15) is 5.26 Å². The zero-order valence-electron chi connectivity index (χ0n) is 16.7. The molecule has 2 rings (SSSR count). The van der Waals surface area contributed by atoms with E-state index in [0.29, 0.717) is 30.8 Å². The maximum absolute atomic E-state index is 12.9. The highest BCUT2D eigenvalue weighted by Gasteiger charge is 2.34. The van der Waals surface area contributed by atoms with Crippen LogP contribution in [0.25, 0.3) is 6.08 Å². The van der Waals surface area contributed by atoms with Crippen molar-refractivity contribution in [2.75, 3.05) is 26.9 Å². The lowest BCUT2D eigenvalue weighted by atomic mass is 9.93. The molecule has 0 fully saturated rings. The third-order valence-corrected chi connectivity index (χ3v) is 4.51. The van der Waals surface area contributed by atoms with Crippen molar-refractivity contribution >= 4 is 17.9 Å². The van der Waals surface area contributed by atoms with E-state index in [1.807, 2.05) is 30.3 Å². The van der Waals surface area contributed by atoms with Crippen LogP contribution in [0.1, 0.15) is 38.7 Å². The third kappa shape index (κ3) is 5.08. The van der Waals surface area contributed by atoms with Gasteiger partial charge in [0.05, 0.1) is 6.61 Å². The number of carbonyl (C=O) groups is 2. The molecular weight excluding hydrogens is 356 g/mol. The molecule has 6 nitrogen and oxygen atoms in total. The normalized spacial score (nSPS) is 15.9. The van der Waals surface area contributed by atoms with Crippen molar-refractivity contribution in [2.24, 2.45) is 0 Å². The van der Waals surface area contributed by atoms with Crippen molar-refractivity contribution in [1.29, 1.82) is 5.26 Å². The summed E-state index contributed by atoms with van der Waals surface area (Å²) in [6, 6.07) is 9.35. The summed E-state index contributed by atoms with van der Waals surface area (Å²) in [6.45, 7) is 5.05. The minimum atomic E-state index is -0.544. The maximum Gasteiger partial charge on any atom is 0.271 e. The number of unbranched alkanes of at least 4 members (excludes halogenated alkanes) is 1. The van der Waals surface area contributed by atoms with Gasteiger partial charge in [0.2, 0.25) is 0 Å². The first-order valence-corrected chi connectivity index (χ1v) is 9.44. The van der Waals surface area contributed by atoms with Gasteiger partial charge in [-0.1, -0.05) is 25.5 Å². The quantitative estimate of drug-likeness (QED) is 0.371. The zero-order valence-corrected chi connectivity index (χ0v) is 16.7. The van der Waals surface area contributed by atoms with Crippen LogP contribution in [0.2, 0.25) is 0 Å². The first-order chi connectivity index (χ1) is 13.5. The highest BCUT2D eigenvalue weighted by molar-refractivity contribution is 6.19. The zero-order chi connectivity index (χ0) is 20.5. The Morgan fingerprint density at radius 3 is 2.43 bits per heavy atom. The van der Waals surface area contributed by atoms with Gasteiger partial charge in [0, 0.05) is 25.8 Å². The fraction of sp³-hybridized carbons (Fsp3) is 0.409. The van der Waals surface area contributed by atoms with Crippen LogP contribution in [0.3, 0.4) is 0 Å². The molecule has 0 aliphatic carbocycles. The minimum absolute atomic E-state index is 0.00258. The predicted octanol–water partition coefficient (Wildman–Crippen LogP) is 3.49. The summed E-state index contributed by atoms with van der Waals surface area (Å²) in [5.41, 5.74) is 1.56. The summed E-state index contributed by atoms with van der Waals surface area (Å²) in [5, 5.41) is 9.40. The third-order valence-electron chi connectivity index (χ3n) is 4.51. The molecule has 1 aromatic rings. The van der Waals surface area contributed by atoms with Gasteiger partial charge in [0.15, 0.2) is 0 Å². The van der Waals surface area contributed by atoms with Crippen molar-refractivity contribution in [3.05, 3.63) is 46.5 Å². The van der Waals surface area contributed by atoms with E-state index in [1.165, 1.54) is 0 Å². The summed E-state index contributed by atoms with van der Waals surface area (Å²) in [5.74, 6) is -0.161. The molecular formula is C22H26N2O4. The van der Waals surface area contributed by atoms with Crippen LogP contribution in [0, 0.1) is 11.3 Å². The molecule has 0 unspecified atom stereocenters. The molecule has 1 aliphatic rings. The lowest BCUT2D eigenvalue weighted by Crippen LogP contribution is -2.43. The van der Waals surface area contributed by atoms with Crippen LogP contribution in [0.5, 0.6) is 5.75 Å². The molecule has 28 heavy (non-hydrogen) atoms. The van der Waals surface area contributed by atoms with Crippen LogP contribution >= 0.6 is 0 Å². The Labute approximate surface area is 166 Å². The fourth-order valence-corrected chi connectivity index (χ4v) is 2.86. The lowest BCUT2D eigenvalue weighted by Gasteiger charge is -2.27. The second-order valence-corrected chi connectivity index (χ2v) is 6.55. The fourth-order valence-electron chi connectivity index (χ4n) is 2.86. The van der Waals surface area contributed by atoms with Crippen LogP contribution in [-0.2, 0) is 14.3 Å². The van der Waals surface area contributed by atoms with E-state index in [2.05, 4.69) is 6.92 Å². The number of hydrogen-bond donors (Lipinski definition) is 0. The summed E-state index contributed by atoms with van der Waals surface area (Å²) in [6.07, 6.45) is 4.29. The van der Waals surface area contributed by atoms with Crippen LogP contribution in [-0.4, -0.2) is 43.6 Å². The predicted molar refractivity (Wildman–Crippen MR) is 106 cm³/mol. The van der Waals surface area contributed by atoms with E-state index in [9.17, 15) is 14.9 Å². The number of imide groups is 1. The van der Waals surface area contributed by atoms with Crippen LogP contribution in [0.4, 0.5) is 0 Å². The Morgan fingerprint density at radius 2 is 1.82 bits per heavy atom. The number of hydrogen-bond acceptors (Lipinski definition) is 5. The van der Waals surface area contributed by atoms with Crippen molar-refractivity contribution in [3.8, 4) is 11.8 Å². The molecule has 1 heterocycles. The molecule has 1 aromatic carbocycles. The second-order valence-electron chi connectivity index (χ2n) is 6.55. The van der Waals surface area contributed by atoms with Gasteiger partial charge < -0.3 is 9.47 Å². The summed E-state index contributed by atoms with van der Waals surface area (Å²) < 4.78 is 10.6. The first-order valence-electron chi connectivity index (χ1n) is 9.44. The van der Waals surface area contributed by atoms with Crippen molar-refractivity contribution in [3.63, 3.8) is 0 Å². The van der Waals surface area contributed by atoms with Gasteiger partial charge in [-0.25, -0.2) is 0 Å². The molecule has 0 saturated carbocycles. The molecule has 6 heteroatoms. The molecule has 0 N–H and O–H groups in total. The standard InChI is InChI=1S/C22H26N2O4/c1-4-5-13-28-18-9-7-17(8-10-18)14-19-16(2)20(15-23)22(26)24(21(19)25)11-6-12-27-3/h7-10,14H,4-6,11-13H2,1-3H3/b19-14+. The number of amides is 2. The summed E-state index contributed by atoms with van der Waals surface area (Å²) in [4.78, 5) is 26.5. The summed E-state index contributed by atoms with van der Waals surface area (Å²) >= 11 is 0. The molecule has 0 atom stereocenters. The van der Waals surface area contributed by atoms with Gasteiger partial charge in [0.25, 0.3) is 11.8 Å². The monoisotopic (exact) mass is 382 g/mol. The number of nitrogens with zero attached hydrogens (tertiary/aromatic N) is 2. The topological polar surface area (TPSA) is 79.6 Å². The van der Waals surface area contributed by atoms with Crippen LogP contribution < -0.4 is 4.74 Å². The van der Waals surface area contributed by atoms with Gasteiger partial charge in [0.1, 0.15) is 17.4 Å². The average Bonchev–Trinajstić information content (AvgIpc) is 2.69. The van der Waals surface area contributed by atoms with E-state index in [1.54, 1.807) is 20.1 Å². The number of carbonyl (C=O) groups excluding carboxylic acids is 2. The van der Waals surface area contributed by atoms with Crippen LogP contribution in [0.15, 0.2) is 41.0 Å². The number of rotatable bonds is 9. The van der Waals surface area contributed by atoms with Gasteiger partial charge >= 0.3 is 0 Å². The highest BCUT2D eigenvalue weighted by atomic mass is 16.5. The maximum atomic E-state index is 12.9. The SMILES string of the molecule is CCCCOc1ccc(/C=C2/C(=O)N(CCCOC)C(=O)C(C#N)=C2C)cc1. The number of methoxy groups -OCH3 is 1. The van der Waals surface area contributed by atoms with Gasteiger partial charge in [-0.3, -0.25) is 14.5 Å². The Bertz CT molecular complexity index is 816. The smallest absolute Gasteiger partial charge is 0.271 e. The molecule has 0 aromatic heterocycles. The molecule has 0 spiro atoms. The number of benzene rings is 1. The average molecular weight is 382 g/mol. The first kappa shape index (κ1) is 21.4. The minimum Gasteiger partial charge on any atom is -0.494 e. The molecule has 1 aliphatic heterocycles. The lowest BCUT2D eigenvalue weighted by molar-refractivity contribution is -0.140. The highest BCUT2D eigenvalue weighted by Crippen LogP contribution is 2.27. The van der Waals surface area contributed by atoms with E-state index in [4.69, 9.17) is 9.47 Å². The van der Waals surface area contributed by atoms with E-state index >= 15 is 0 Å². The molecule has 0 saturated heterocycles. The van der Waals surface area contributed by atoms with E-state index in [0.717, 1.165) is 29.1 Å². The number of ether oxygens (including phenoxy) is 2. The second kappa shape index (κ2) is 10.4. The number of nitriles is 1. The molecule has 148 valence electrons. The Morgan fingerprint density at radius 1 is 1.11 bits per heavy atom. The Hall–Kier alpha value is -2.91. The van der Waals surface area contributed by atoms with E-state index in [-0.39, 0.29) is 18.0 Å². The van der Waals surface area contributed by atoms with Crippen molar-refractivity contribution in [1.82, 2.24) is 4.90 Å². The molecule has 0 radical (unpaired) electrons. The Kier molecular flexibility index (Phi) is 7.97. The van der Waals surface area contributed by atoms with Gasteiger partial charge in [-0.05, 0) is 49.1 Å². The van der Waals surface area contributed by atoms with E-state index < -0.39 is 5.91 Å². The molecule has 2 amide bonds. The van der Waals surface area contributed by atoms with Crippen molar-refractivity contribution < 1.29 is 19.1 Å². The largest absolute Gasteiger partial charge is 0.494 e. The Balaban J connectivity index is 2.28. The van der Waals surface area contributed by atoms with Gasteiger partial charge in [-0.15, -0.1) is 0 Å². The summed E-state index contributed by atoms with van der Waals surface area (Å²) in [7, 11) is 1.56. The molecule has 0 bridgehead atoms.